The maximum atomic E-state index is 12.5. The van der Waals surface area contributed by atoms with Gasteiger partial charge < -0.3 is 10.2 Å². The number of likely N-dealkylation sites (N-methyl/N-ethyl adjacent to an activating group) is 1. The Morgan fingerprint density at radius 3 is 2.39 bits per heavy atom. The van der Waals surface area contributed by atoms with Crippen LogP contribution in [-0.2, 0) is 17.8 Å². The largest absolute Gasteiger partial charge is 0.324 e. The Kier molecular flexibility index (Phi) is 5.94. The van der Waals surface area contributed by atoms with Crippen molar-refractivity contribution in [2.24, 2.45) is 0 Å². The molecular weight excluding hydrogens is 284 g/mol. The highest BCUT2D eigenvalue weighted by Crippen LogP contribution is 2.10. The van der Waals surface area contributed by atoms with Crippen molar-refractivity contribution in [3.8, 4) is 0 Å². The molecule has 122 valence electrons. The second-order valence-corrected chi connectivity index (χ2v) is 6.21. The number of quaternary nitrogens is 1. The van der Waals surface area contributed by atoms with E-state index >= 15 is 0 Å². The molecule has 3 nitrogen and oxygen atoms in total. The number of anilines is 1. The summed E-state index contributed by atoms with van der Waals surface area (Å²) >= 11 is 0. The predicted octanol–water partition coefficient (Wildman–Crippen LogP) is 2.60. The van der Waals surface area contributed by atoms with Crippen molar-refractivity contribution >= 4 is 11.6 Å². The van der Waals surface area contributed by atoms with Gasteiger partial charge in [-0.1, -0.05) is 43.3 Å². The van der Waals surface area contributed by atoms with Crippen molar-refractivity contribution in [3.05, 3.63) is 65.2 Å². The van der Waals surface area contributed by atoms with Gasteiger partial charge >= 0.3 is 0 Å². The molecule has 0 bridgehead atoms. The molecule has 2 aromatic carbocycles. The van der Waals surface area contributed by atoms with Crippen molar-refractivity contribution in [2.45, 2.75) is 39.8 Å². The minimum atomic E-state index is -0.111. The van der Waals surface area contributed by atoms with Gasteiger partial charge in [-0.2, -0.15) is 0 Å². The molecule has 2 N–H and O–H groups in total. The standard InChI is InChI=1S/C20H26N2O/c1-5-17-10-12-19(13-11-17)21-20(23)16(3)22(4)14-18-9-7-6-8-15(18)2/h6-13,16H,5,14H2,1-4H3,(H,21,23)/p+1/t16-/m0/s1. The summed E-state index contributed by atoms with van der Waals surface area (Å²) in [5.74, 6) is 0.0559. The van der Waals surface area contributed by atoms with Crippen LogP contribution in [0.3, 0.4) is 0 Å². The molecule has 0 saturated heterocycles. The number of carbonyl (C=O) groups is 1. The first-order chi connectivity index (χ1) is 11.0. The third-order valence-corrected chi connectivity index (χ3v) is 4.49. The zero-order valence-corrected chi connectivity index (χ0v) is 14.5. The molecule has 0 aliphatic carbocycles. The minimum Gasteiger partial charge on any atom is -0.324 e. The summed E-state index contributed by atoms with van der Waals surface area (Å²) in [7, 11) is 2.07. The summed E-state index contributed by atoms with van der Waals surface area (Å²) in [6.07, 6.45) is 1.01. The Balaban J connectivity index is 1.96. The third-order valence-electron chi connectivity index (χ3n) is 4.49. The first kappa shape index (κ1) is 17.2. The van der Waals surface area contributed by atoms with Crippen molar-refractivity contribution in [2.75, 3.05) is 12.4 Å². The Bertz CT molecular complexity index is 649. The van der Waals surface area contributed by atoms with Gasteiger partial charge in [-0.25, -0.2) is 0 Å². The number of hydrogen-bond acceptors (Lipinski definition) is 1. The number of hydrogen-bond donors (Lipinski definition) is 2. The lowest BCUT2D eigenvalue weighted by atomic mass is 10.1. The normalized spacial score (nSPS) is 13.4. The molecule has 0 fully saturated rings. The smallest absolute Gasteiger partial charge is 0.282 e. The van der Waals surface area contributed by atoms with Crippen molar-refractivity contribution < 1.29 is 9.69 Å². The van der Waals surface area contributed by atoms with Gasteiger partial charge in [0.05, 0.1) is 7.05 Å². The van der Waals surface area contributed by atoms with Gasteiger partial charge in [-0.3, -0.25) is 4.79 Å². The van der Waals surface area contributed by atoms with Crippen LogP contribution in [0.1, 0.15) is 30.5 Å². The van der Waals surface area contributed by atoms with Gasteiger partial charge in [0.1, 0.15) is 6.54 Å². The summed E-state index contributed by atoms with van der Waals surface area (Å²) in [4.78, 5) is 13.6. The van der Waals surface area contributed by atoms with Gasteiger partial charge in [0, 0.05) is 11.3 Å². The molecule has 1 amide bonds. The highest BCUT2D eigenvalue weighted by Gasteiger charge is 2.22. The van der Waals surface area contributed by atoms with E-state index in [1.54, 1.807) is 0 Å². The topological polar surface area (TPSA) is 33.5 Å². The van der Waals surface area contributed by atoms with E-state index in [0.29, 0.717) is 0 Å². The average Bonchev–Trinajstić information content (AvgIpc) is 2.56. The predicted molar refractivity (Wildman–Crippen MR) is 95.7 cm³/mol. The number of amides is 1. The molecule has 1 unspecified atom stereocenters. The summed E-state index contributed by atoms with van der Waals surface area (Å²) < 4.78 is 0. The number of benzene rings is 2. The third kappa shape index (κ3) is 4.67. The van der Waals surface area contributed by atoms with E-state index in [9.17, 15) is 4.79 Å². The monoisotopic (exact) mass is 311 g/mol. The molecule has 23 heavy (non-hydrogen) atoms. The molecule has 0 aromatic heterocycles. The molecule has 3 heteroatoms. The SMILES string of the molecule is CCc1ccc(NC(=O)[C@H](C)[NH+](C)Cc2ccccc2C)cc1. The van der Waals surface area contributed by atoms with E-state index < -0.39 is 0 Å². The number of nitrogens with one attached hydrogen (secondary N) is 2. The zero-order chi connectivity index (χ0) is 16.8. The van der Waals surface area contributed by atoms with E-state index in [4.69, 9.17) is 0 Å². The van der Waals surface area contributed by atoms with E-state index in [1.165, 1.54) is 21.6 Å². The maximum absolute atomic E-state index is 12.5. The molecule has 2 rings (SSSR count). The number of aryl methyl sites for hydroxylation is 2. The Morgan fingerprint density at radius 1 is 1.13 bits per heavy atom. The lowest BCUT2D eigenvalue weighted by Gasteiger charge is -2.22. The first-order valence-corrected chi connectivity index (χ1v) is 8.28. The Morgan fingerprint density at radius 2 is 1.78 bits per heavy atom. The van der Waals surface area contributed by atoms with Crippen molar-refractivity contribution in [3.63, 3.8) is 0 Å². The second-order valence-electron chi connectivity index (χ2n) is 6.21. The van der Waals surface area contributed by atoms with Crippen LogP contribution in [0.25, 0.3) is 0 Å². The molecule has 0 spiro atoms. The van der Waals surface area contributed by atoms with Crippen LogP contribution in [0.15, 0.2) is 48.5 Å². The fraction of sp³-hybridized carbons (Fsp3) is 0.350. The Hall–Kier alpha value is -2.13. The van der Waals surface area contributed by atoms with Crippen molar-refractivity contribution in [1.82, 2.24) is 0 Å². The second kappa shape index (κ2) is 7.93. The molecule has 2 atom stereocenters. The fourth-order valence-electron chi connectivity index (χ4n) is 2.56. The van der Waals surface area contributed by atoms with Crippen LogP contribution in [0.5, 0.6) is 0 Å². The number of rotatable bonds is 6. The molecule has 0 aliphatic rings. The van der Waals surface area contributed by atoms with Gasteiger partial charge in [0.25, 0.3) is 5.91 Å². The van der Waals surface area contributed by atoms with Gasteiger partial charge in [0.15, 0.2) is 6.04 Å². The van der Waals surface area contributed by atoms with Crippen LogP contribution in [0, 0.1) is 6.92 Å². The molecule has 0 heterocycles. The van der Waals surface area contributed by atoms with Crippen molar-refractivity contribution in [1.29, 1.82) is 0 Å². The van der Waals surface area contributed by atoms with Crippen LogP contribution in [0.2, 0.25) is 0 Å². The summed E-state index contributed by atoms with van der Waals surface area (Å²) in [5, 5.41) is 3.01. The minimum absolute atomic E-state index is 0.0559. The van der Waals surface area contributed by atoms with Crippen LogP contribution in [0.4, 0.5) is 5.69 Å². The van der Waals surface area contributed by atoms with Crippen LogP contribution < -0.4 is 10.2 Å². The van der Waals surface area contributed by atoms with Gasteiger partial charge in [0.2, 0.25) is 0 Å². The van der Waals surface area contributed by atoms with E-state index in [-0.39, 0.29) is 11.9 Å². The highest BCUT2D eigenvalue weighted by atomic mass is 16.2. The summed E-state index contributed by atoms with van der Waals surface area (Å²) in [5.41, 5.74) is 4.70. The average molecular weight is 311 g/mol. The lowest BCUT2D eigenvalue weighted by Crippen LogP contribution is -3.12. The Labute approximate surface area is 139 Å². The molecular formula is C20H27N2O+. The number of carbonyl (C=O) groups excluding carboxylic acids is 1. The maximum Gasteiger partial charge on any atom is 0.282 e. The van der Waals surface area contributed by atoms with Gasteiger partial charge in [-0.15, -0.1) is 0 Å². The van der Waals surface area contributed by atoms with E-state index in [1.807, 2.05) is 25.1 Å². The lowest BCUT2D eigenvalue weighted by molar-refractivity contribution is -0.907. The quantitative estimate of drug-likeness (QED) is 0.845. The summed E-state index contributed by atoms with van der Waals surface area (Å²) in [6, 6.07) is 16.3. The fourth-order valence-corrected chi connectivity index (χ4v) is 2.56. The highest BCUT2D eigenvalue weighted by molar-refractivity contribution is 5.93. The molecule has 0 aliphatic heterocycles. The first-order valence-electron chi connectivity index (χ1n) is 8.28. The molecule has 0 saturated carbocycles. The molecule has 2 aromatic rings. The zero-order valence-electron chi connectivity index (χ0n) is 14.5. The van der Waals surface area contributed by atoms with Crippen LogP contribution >= 0.6 is 0 Å². The van der Waals surface area contributed by atoms with Gasteiger partial charge in [-0.05, 0) is 43.5 Å². The molecule has 0 radical (unpaired) electrons. The van der Waals surface area contributed by atoms with Crippen LogP contribution in [-0.4, -0.2) is 19.0 Å². The van der Waals surface area contributed by atoms with E-state index in [0.717, 1.165) is 18.7 Å². The summed E-state index contributed by atoms with van der Waals surface area (Å²) in [6.45, 7) is 7.06. The van der Waals surface area contributed by atoms with E-state index in [2.05, 4.69) is 56.5 Å².